The average Bonchev–Trinajstić information content (AvgIpc) is 2.57. The molecule has 0 bridgehead atoms. The van der Waals surface area contributed by atoms with E-state index in [1.165, 1.54) is 0 Å². The largest absolute Gasteiger partial charge is 0.338 e. The van der Waals surface area contributed by atoms with Gasteiger partial charge in [0.1, 0.15) is 11.8 Å². The number of alkyl halides is 2. The number of carbonyl (C=O) groups is 2. The lowest BCUT2D eigenvalue weighted by Crippen LogP contribution is -2.31. The SMILES string of the molecule is CCN(Cc1ccc(CN(CC)C(=O)CCl)cc1)C(=O)CCl. The summed E-state index contributed by atoms with van der Waals surface area (Å²) in [5, 5.41) is 0. The number of nitrogens with zero attached hydrogens (tertiary/aromatic N) is 2. The summed E-state index contributed by atoms with van der Waals surface area (Å²) < 4.78 is 0. The Morgan fingerprint density at radius 1 is 0.818 bits per heavy atom. The maximum Gasteiger partial charge on any atom is 0.237 e. The first-order valence-corrected chi connectivity index (χ1v) is 8.37. The lowest BCUT2D eigenvalue weighted by molar-refractivity contribution is -0.129. The topological polar surface area (TPSA) is 40.6 Å². The van der Waals surface area contributed by atoms with Crippen LogP contribution in [0.4, 0.5) is 0 Å². The molecule has 0 aromatic heterocycles. The quantitative estimate of drug-likeness (QED) is 0.680. The van der Waals surface area contributed by atoms with Crippen molar-refractivity contribution in [3.05, 3.63) is 35.4 Å². The van der Waals surface area contributed by atoms with Crippen molar-refractivity contribution >= 4 is 35.0 Å². The molecule has 0 saturated heterocycles. The van der Waals surface area contributed by atoms with Crippen molar-refractivity contribution in [2.24, 2.45) is 0 Å². The number of carbonyl (C=O) groups excluding carboxylic acids is 2. The first kappa shape index (κ1) is 18.8. The van der Waals surface area contributed by atoms with Gasteiger partial charge >= 0.3 is 0 Å². The predicted octanol–water partition coefficient (Wildman–Crippen LogP) is 2.86. The van der Waals surface area contributed by atoms with Gasteiger partial charge in [-0.1, -0.05) is 24.3 Å². The lowest BCUT2D eigenvalue weighted by Gasteiger charge is -2.21. The Hall–Kier alpha value is -1.26. The second kappa shape index (κ2) is 9.70. The van der Waals surface area contributed by atoms with Gasteiger partial charge in [0.2, 0.25) is 11.8 Å². The monoisotopic (exact) mass is 344 g/mol. The van der Waals surface area contributed by atoms with Crippen LogP contribution in [0.3, 0.4) is 0 Å². The number of hydrogen-bond acceptors (Lipinski definition) is 2. The van der Waals surface area contributed by atoms with E-state index in [0.29, 0.717) is 26.2 Å². The minimum atomic E-state index is -0.0712. The number of rotatable bonds is 8. The third kappa shape index (κ3) is 5.50. The highest BCUT2D eigenvalue weighted by molar-refractivity contribution is 6.27. The highest BCUT2D eigenvalue weighted by atomic mass is 35.5. The van der Waals surface area contributed by atoms with Gasteiger partial charge in [-0.2, -0.15) is 0 Å². The fourth-order valence-electron chi connectivity index (χ4n) is 2.11. The summed E-state index contributed by atoms with van der Waals surface area (Å²) in [6, 6.07) is 7.88. The number of hydrogen-bond donors (Lipinski definition) is 0. The molecule has 0 radical (unpaired) electrons. The van der Waals surface area contributed by atoms with Crippen molar-refractivity contribution in [1.29, 1.82) is 0 Å². The molecule has 2 amide bonds. The van der Waals surface area contributed by atoms with Crippen molar-refractivity contribution in [2.45, 2.75) is 26.9 Å². The smallest absolute Gasteiger partial charge is 0.237 e. The number of benzene rings is 1. The van der Waals surface area contributed by atoms with Gasteiger partial charge in [0, 0.05) is 26.2 Å². The Bertz CT molecular complexity index is 446. The van der Waals surface area contributed by atoms with Gasteiger partial charge < -0.3 is 9.80 Å². The van der Waals surface area contributed by atoms with Gasteiger partial charge in [0.15, 0.2) is 0 Å². The first-order valence-electron chi connectivity index (χ1n) is 7.30. The van der Waals surface area contributed by atoms with Crippen molar-refractivity contribution in [2.75, 3.05) is 24.8 Å². The summed E-state index contributed by atoms with van der Waals surface area (Å²) in [7, 11) is 0. The maximum absolute atomic E-state index is 11.6. The molecule has 0 atom stereocenters. The van der Waals surface area contributed by atoms with Crippen LogP contribution in [0.5, 0.6) is 0 Å². The van der Waals surface area contributed by atoms with Crippen LogP contribution in [0.2, 0.25) is 0 Å². The Morgan fingerprint density at radius 2 is 1.14 bits per heavy atom. The molecule has 22 heavy (non-hydrogen) atoms. The third-order valence-corrected chi connectivity index (χ3v) is 3.92. The van der Waals surface area contributed by atoms with E-state index in [4.69, 9.17) is 23.2 Å². The fraction of sp³-hybridized carbons (Fsp3) is 0.500. The zero-order valence-electron chi connectivity index (χ0n) is 13.0. The summed E-state index contributed by atoms with van der Waals surface area (Å²) in [6.45, 7) is 6.19. The molecule has 0 spiro atoms. The van der Waals surface area contributed by atoms with Crippen molar-refractivity contribution in [1.82, 2.24) is 9.80 Å². The summed E-state index contributed by atoms with van der Waals surface area (Å²) in [6.07, 6.45) is 0. The van der Waals surface area contributed by atoms with Crippen molar-refractivity contribution < 1.29 is 9.59 Å². The van der Waals surface area contributed by atoms with Gasteiger partial charge in [-0.25, -0.2) is 0 Å². The molecule has 0 aliphatic heterocycles. The summed E-state index contributed by atoms with van der Waals surface area (Å²) in [5.74, 6) is -0.147. The van der Waals surface area contributed by atoms with E-state index in [0.717, 1.165) is 11.1 Å². The van der Waals surface area contributed by atoms with Gasteiger partial charge in [-0.15, -0.1) is 23.2 Å². The molecule has 0 unspecified atom stereocenters. The third-order valence-electron chi connectivity index (χ3n) is 3.47. The molecule has 0 fully saturated rings. The standard InChI is InChI=1S/C16H22Cl2N2O2/c1-3-19(15(21)9-17)11-13-5-7-14(8-6-13)12-20(4-2)16(22)10-18/h5-8H,3-4,9-12H2,1-2H3. The van der Waals surface area contributed by atoms with Crippen LogP contribution in [0.25, 0.3) is 0 Å². The number of halogens is 2. The van der Waals surface area contributed by atoms with E-state index >= 15 is 0 Å². The highest BCUT2D eigenvalue weighted by Crippen LogP contribution is 2.11. The van der Waals surface area contributed by atoms with Crippen molar-refractivity contribution in [3.63, 3.8) is 0 Å². The molecule has 122 valence electrons. The lowest BCUT2D eigenvalue weighted by atomic mass is 10.1. The van der Waals surface area contributed by atoms with Crippen molar-refractivity contribution in [3.8, 4) is 0 Å². The second-order valence-corrected chi connectivity index (χ2v) is 5.43. The predicted molar refractivity (Wildman–Crippen MR) is 90.1 cm³/mol. The molecule has 0 aliphatic rings. The molecule has 0 saturated carbocycles. The van der Waals surface area contributed by atoms with Gasteiger partial charge in [0.05, 0.1) is 0 Å². The normalized spacial score (nSPS) is 10.4. The van der Waals surface area contributed by atoms with Crippen LogP contribution < -0.4 is 0 Å². The molecule has 0 aliphatic carbocycles. The summed E-state index contributed by atoms with van der Waals surface area (Å²) in [4.78, 5) is 26.7. The Kier molecular flexibility index (Phi) is 8.28. The molecular weight excluding hydrogens is 323 g/mol. The second-order valence-electron chi connectivity index (χ2n) is 4.90. The minimum Gasteiger partial charge on any atom is -0.338 e. The maximum atomic E-state index is 11.6. The molecule has 6 heteroatoms. The van der Waals surface area contributed by atoms with E-state index in [1.807, 2.05) is 38.1 Å². The average molecular weight is 345 g/mol. The van der Waals surface area contributed by atoms with Crippen LogP contribution >= 0.6 is 23.2 Å². The summed E-state index contributed by atoms with van der Waals surface area (Å²) in [5.41, 5.74) is 2.08. The Morgan fingerprint density at radius 3 is 1.36 bits per heavy atom. The molecular formula is C16H22Cl2N2O2. The van der Waals surface area contributed by atoms with Gasteiger partial charge in [-0.05, 0) is 25.0 Å². The van der Waals surface area contributed by atoms with Crippen LogP contribution in [0, 0.1) is 0 Å². The molecule has 1 rings (SSSR count). The molecule has 1 aromatic rings. The first-order chi connectivity index (χ1) is 10.5. The van der Waals surface area contributed by atoms with Crippen LogP contribution in [-0.2, 0) is 22.7 Å². The highest BCUT2D eigenvalue weighted by Gasteiger charge is 2.12. The van der Waals surface area contributed by atoms with E-state index in [1.54, 1.807) is 9.80 Å². The molecule has 0 heterocycles. The molecule has 1 aromatic carbocycles. The van der Waals surface area contributed by atoms with E-state index in [-0.39, 0.29) is 23.6 Å². The van der Waals surface area contributed by atoms with Crippen LogP contribution in [0.15, 0.2) is 24.3 Å². The van der Waals surface area contributed by atoms with E-state index in [2.05, 4.69) is 0 Å². The van der Waals surface area contributed by atoms with Gasteiger partial charge in [0.25, 0.3) is 0 Å². The van der Waals surface area contributed by atoms with Crippen LogP contribution in [-0.4, -0.2) is 46.5 Å². The Balaban J connectivity index is 2.70. The zero-order valence-corrected chi connectivity index (χ0v) is 14.5. The molecule has 0 N–H and O–H groups in total. The minimum absolute atomic E-state index is 0.00206. The summed E-state index contributed by atoms with van der Waals surface area (Å²) >= 11 is 11.2. The van der Waals surface area contributed by atoms with Gasteiger partial charge in [-0.3, -0.25) is 9.59 Å². The van der Waals surface area contributed by atoms with E-state index < -0.39 is 0 Å². The zero-order chi connectivity index (χ0) is 16.5. The molecule has 4 nitrogen and oxygen atoms in total. The Labute approximate surface area is 142 Å². The van der Waals surface area contributed by atoms with E-state index in [9.17, 15) is 9.59 Å². The van der Waals surface area contributed by atoms with Crippen LogP contribution in [0.1, 0.15) is 25.0 Å². The fourth-order valence-corrected chi connectivity index (χ4v) is 2.45. The number of amides is 2.